The zero-order valence-electron chi connectivity index (χ0n) is 19.8. The number of fused-ring (bicyclic) bond motifs is 1. The van der Waals surface area contributed by atoms with E-state index < -0.39 is 32.5 Å². The summed E-state index contributed by atoms with van der Waals surface area (Å²) in [4.78, 5) is 44.6. The number of benzene rings is 1. The van der Waals surface area contributed by atoms with Crippen LogP contribution in [0.15, 0.2) is 67.4 Å². The van der Waals surface area contributed by atoms with Crippen LogP contribution in [0.5, 0.6) is 0 Å². The van der Waals surface area contributed by atoms with Crippen LogP contribution < -0.4 is 4.90 Å². The molecule has 1 atom stereocenters. The third-order valence-corrected chi connectivity index (χ3v) is 6.37. The number of aromatic nitrogens is 7. The normalized spacial score (nSPS) is 15.7. The van der Waals surface area contributed by atoms with Gasteiger partial charge in [-0.15, -0.1) is 5.10 Å². The molecule has 1 amide bonds. The largest absolute Gasteiger partial charge is 0.471 e. The molecule has 0 spiro atoms. The van der Waals surface area contributed by atoms with Gasteiger partial charge in [0.15, 0.2) is 18.2 Å². The van der Waals surface area contributed by atoms with Crippen LogP contribution in [0.1, 0.15) is 11.7 Å². The molecule has 1 aliphatic rings. The Labute approximate surface area is 218 Å². The highest BCUT2D eigenvalue weighted by Crippen LogP contribution is 2.36. The van der Waals surface area contributed by atoms with Gasteiger partial charge in [-0.3, -0.25) is 9.51 Å². The van der Waals surface area contributed by atoms with E-state index in [1.807, 2.05) is 6.07 Å². The van der Waals surface area contributed by atoms with Crippen molar-refractivity contribution < 1.29 is 32.8 Å². The van der Waals surface area contributed by atoms with Gasteiger partial charge in [-0.2, -0.15) is 5.10 Å². The summed E-state index contributed by atoms with van der Waals surface area (Å²) >= 11 is 0. The number of rotatable bonds is 7. The lowest BCUT2D eigenvalue weighted by atomic mass is 10.1. The first kappa shape index (κ1) is 24.8. The molecule has 0 radical (unpaired) electrons. The first-order valence-electron chi connectivity index (χ1n) is 11.4. The minimum Gasteiger partial charge on any atom is -0.446 e. The summed E-state index contributed by atoms with van der Waals surface area (Å²) in [6.07, 6.45) is 5.42. The van der Waals surface area contributed by atoms with Crippen molar-refractivity contribution in [2.24, 2.45) is 0 Å². The number of cyclic esters (lactones) is 1. The van der Waals surface area contributed by atoms with E-state index in [0.29, 0.717) is 28.3 Å². The zero-order valence-corrected chi connectivity index (χ0v) is 20.7. The Morgan fingerprint density at radius 1 is 1.15 bits per heavy atom. The number of ether oxygens (including phenoxy) is 1. The number of carbonyl (C=O) groups excluding carboxylic acids is 1. The van der Waals surface area contributed by atoms with Crippen LogP contribution >= 0.6 is 7.82 Å². The Morgan fingerprint density at radius 3 is 2.79 bits per heavy atom. The van der Waals surface area contributed by atoms with Gasteiger partial charge in [-0.05, 0) is 35.9 Å². The predicted molar refractivity (Wildman–Crippen MR) is 131 cm³/mol. The molecule has 14 nitrogen and oxygen atoms in total. The molecule has 16 heteroatoms. The summed E-state index contributed by atoms with van der Waals surface area (Å²) in [5.41, 5.74) is 2.08. The molecule has 1 fully saturated rings. The molecule has 1 aliphatic heterocycles. The molecular weight excluding hydrogens is 534 g/mol. The predicted octanol–water partition coefficient (Wildman–Crippen LogP) is 2.95. The Bertz CT molecular complexity index is 1740. The van der Waals surface area contributed by atoms with E-state index in [4.69, 9.17) is 14.5 Å². The maximum absolute atomic E-state index is 15.2. The monoisotopic (exact) mass is 552 g/mol. The number of nitrogens with zero attached hydrogens (tertiary/aromatic N) is 8. The zero-order chi connectivity index (χ0) is 27.1. The van der Waals surface area contributed by atoms with E-state index in [-0.39, 0.29) is 18.0 Å². The molecule has 1 aromatic carbocycles. The highest BCUT2D eigenvalue weighted by molar-refractivity contribution is 7.46. The molecule has 5 heterocycles. The fourth-order valence-electron chi connectivity index (χ4n) is 4.14. The van der Waals surface area contributed by atoms with Gasteiger partial charge in [0.1, 0.15) is 30.6 Å². The Hall–Kier alpha value is -4.56. The van der Waals surface area contributed by atoms with Crippen LogP contribution in [0.4, 0.5) is 15.0 Å². The van der Waals surface area contributed by atoms with Crippen LogP contribution in [0.25, 0.3) is 28.2 Å². The molecule has 1 unspecified atom stereocenters. The van der Waals surface area contributed by atoms with Crippen LogP contribution in [0.2, 0.25) is 0 Å². The maximum atomic E-state index is 15.2. The second kappa shape index (κ2) is 9.63. The van der Waals surface area contributed by atoms with E-state index in [1.165, 1.54) is 27.7 Å². The van der Waals surface area contributed by atoms with Crippen LogP contribution in [0.3, 0.4) is 0 Å². The molecule has 198 valence electrons. The van der Waals surface area contributed by atoms with E-state index in [9.17, 15) is 9.36 Å². The van der Waals surface area contributed by atoms with Crippen molar-refractivity contribution in [1.29, 1.82) is 0 Å². The van der Waals surface area contributed by atoms with Crippen molar-refractivity contribution in [3.05, 3.63) is 78.9 Å². The van der Waals surface area contributed by atoms with E-state index >= 15 is 4.39 Å². The number of halogens is 1. The minimum absolute atomic E-state index is 0.00162. The fraction of sp³-hybridized carbons (Fsp3) is 0.130. The number of hydrogen-bond acceptors (Lipinski definition) is 9. The number of carbonyl (C=O) groups is 1. The molecule has 1 saturated heterocycles. The average molecular weight is 552 g/mol. The maximum Gasteiger partial charge on any atom is 0.471 e. The first-order valence-corrected chi connectivity index (χ1v) is 12.9. The molecule has 0 bridgehead atoms. The summed E-state index contributed by atoms with van der Waals surface area (Å²) in [7, 11) is -4.70. The van der Waals surface area contributed by atoms with Crippen molar-refractivity contribution in [2.45, 2.75) is 12.8 Å². The summed E-state index contributed by atoms with van der Waals surface area (Å²) in [5.74, 6) is -0.316. The first-order chi connectivity index (χ1) is 18.8. The van der Waals surface area contributed by atoms with Gasteiger partial charge in [0.05, 0.1) is 17.5 Å². The van der Waals surface area contributed by atoms with Gasteiger partial charge in [0.2, 0.25) is 0 Å². The van der Waals surface area contributed by atoms with E-state index in [1.54, 1.807) is 36.7 Å². The average Bonchev–Trinajstić information content (AvgIpc) is 3.65. The van der Waals surface area contributed by atoms with Crippen molar-refractivity contribution >= 4 is 25.4 Å². The smallest absolute Gasteiger partial charge is 0.446 e. The fourth-order valence-corrected chi connectivity index (χ4v) is 4.41. The third kappa shape index (κ3) is 4.86. The van der Waals surface area contributed by atoms with Crippen LogP contribution in [-0.2, 0) is 20.6 Å². The summed E-state index contributed by atoms with van der Waals surface area (Å²) in [6, 6.07) is 11.0. The summed E-state index contributed by atoms with van der Waals surface area (Å²) in [6.45, 7) is -0.435. The standard InChI is InChI=1S/C23H18FN8O6P/c24-17-9-14(4-5-15(17)21-26-12-30(29-21)13-38-39(34,35)36)16-10-27-31-8-6-20(28-22(16)31)32-19(11-37-23(32)33)18-3-1-2-7-25-18/h1-10,12,19H,11,13H2,(H2,34,35,36). The lowest BCUT2D eigenvalue weighted by Crippen LogP contribution is -2.28. The van der Waals surface area contributed by atoms with E-state index in [0.717, 1.165) is 11.0 Å². The number of amides is 1. The van der Waals surface area contributed by atoms with Gasteiger partial charge in [0, 0.05) is 18.0 Å². The topological polar surface area (TPSA) is 170 Å². The molecule has 0 saturated carbocycles. The molecule has 6 rings (SSSR count). The Balaban J connectivity index is 1.31. The van der Waals surface area contributed by atoms with E-state index in [2.05, 4.69) is 29.7 Å². The van der Waals surface area contributed by atoms with Crippen molar-refractivity contribution in [1.82, 2.24) is 34.3 Å². The Morgan fingerprint density at radius 2 is 2.03 bits per heavy atom. The number of phosphoric acid groups is 1. The minimum atomic E-state index is -4.70. The Kier molecular flexibility index (Phi) is 6.12. The van der Waals surface area contributed by atoms with Gasteiger partial charge in [-0.1, -0.05) is 12.1 Å². The molecule has 4 aromatic heterocycles. The second-order valence-corrected chi connectivity index (χ2v) is 9.62. The van der Waals surface area contributed by atoms with Gasteiger partial charge in [0.25, 0.3) is 0 Å². The van der Waals surface area contributed by atoms with Crippen molar-refractivity contribution in [3.8, 4) is 22.5 Å². The third-order valence-electron chi connectivity index (χ3n) is 5.92. The van der Waals surface area contributed by atoms with Gasteiger partial charge < -0.3 is 14.5 Å². The second-order valence-electron chi connectivity index (χ2n) is 8.38. The molecule has 39 heavy (non-hydrogen) atoms. The highest BCUT2D eigenvalue weighted by Gasteiger charge is 2.37. The quantitative estimate of drug-likeness (QED) is 0.285. The highest BCUT2D eigenvalue weighted by atomic mass is 31.2. The summed E-state index contributed by atoms with van der Waals surface area (Å²) in [5, 5.41) is 8.29. The number of pyridine rings is 1. The lowest BCUT2D eigenvalue weighted by Gasteiger charge is -2.20. The van der Waals surface area contributed by atoms with Gasteiger partial charge in [-0.25, -0.2) is 37.8 Å². The molecule has 5 aromatic rings. The number of hydrogen-bond donors (Lipinski definition) is 2. The number of phosphoric ester groups is 1. The van der Waals surface area contributed by atoms with Crippen molar-refractivity contribution in [3.63, 3.8) is 0 Å². The summed E-state index contributed by atoms with van der Waals surface area (Å²) < 4.78 is 38.2. The SMILES string of the molecule is O=C1OCC(c2ccccn2)N1c1ccn2ncc(-c3ccc(-c4ncn(COP(=O)(O)O)n4)c(F)c3)c2n1. The molecular formula is C23H18FN8O6P. The molecule has 0 aliphatic carbocycles. The number of anilines is 1. The lowest BCUT2D eigenvalue weighted by molar-refractivity contribution is 0.145. The van der Waals surface area contributed by atoms with Crippen molar-refractivity contribution in [2.75, 3.05) is 11.5 Å². The van der Waals surface area contributed by atoms with Crippen LogP contribution in [0, 0.1) is 5.82 Å². The van der Waals surface area contributed by atoms with Gasteiger partial charge >= 0.3 is 13.9 Å². The van der Waals surface area contributed by atoms with Crippen LogP contribution in [-0.4, -0.2) is 56.8 Å². The molecule has 2 N–H and O–H groups in total.